The van der Waals surface area contributed by atoms with Crippen molar-refractivity contribution in [1.82, 2.24) is 13.9 Å². The fourth-order valence-corrected chi connectivity index (χ4v) is 3.53. The van der Waals surface area contributed by atoms with Gasteiger partial charge in [0, 0.05) is 33.2 Å². The number of hydrogen-bond acceptors (Lipinski definition) is 4. The van der Waals surface area contributed by atoms with Crippen LogP contribution in [0.1, 0.15) is 12.8 Å². The van der Waals surface area contributed by atoms with Crippen molar-refractivity contribution in [3.05, 3.63) is 30.3 Å². The normalized spacial score (nSPS) is 17.2. The van der Waals surface area contributed by atoms with Crippen LogP contribution in [0.4, 0.5) is 0 Å². The van der Waals surface area contributed by atoms with Gasteiger partial charge in [-0.3, -0.25) is 4.79 Å². The lowest BCUT2D eigenvalue weighted by Crippen LogP contribution is -2.49. The van der Waals surface area contributed by atoms with E-state index in [4.69, 9.17) is 4.74 Å². The maximum absolute atomic E-state index is 12.0. The molecule has 1 aliphatic rings. The minimum Gasteiger partial charge on any atom is -0.484 e. The number of carbonyl (C=O) groups excluding carboxylic acids is 1. The number of benzene rings is 1. The third-order valence-electron chi connectivity index (χ3n) is 3.72. The molecular formula is C15H23N3O4S. The zero-order valence-corrected chi connectivity index (χ0v) is 14.3. The van der Waals surface area contributed by atoms with E-state index in [9.17, 15) is 13.2 Å². The summed E-state index contributed by atoms with van der Waals surface area (Å²) in [5, 5.41) is 2.89. The number of nitrogens with zero attached hydrogens (tertiary/aromatic N) is 2. The predicted octanol–water partition coefficient (Wildman–Crippen LogP) is 0.452. The van der Waals surface area contributed by atoms with E-state index < -0.39 is 10.2 Å². The molecular weight excluding hydrogens is 318 g/mol. The van der Waals surface area contributed by atoms with Crippen LogP contribution in [-0.4, -0.2) is 62.8 Å². The first-order chi connectivity index (χ1) is 10.9. The lowest BCUT2D eigenvalue weighted by molar-refractivity contribution is -0.124. The van der Waals surface area contributed by atoms with E-state index in [1.165, 1.54) is 22.7 Å². The summed E-state index contributed by atoms with van der Waals surface area (Å²) in [6, 6.07) is 9.12. The molecule has 1 aliphatic heterocycles. The zero-order chi connectivity index (χ0) is 16.9. The maximum atomic E-state index is 12.0. The van der Waals surface area contributed by atoms with Gasteiger partial charge in [-0.1, -0.05) is 18.2 Å². The third-order valence-corrected chi connectivity index (χ3v) is 5.66. The third kappa shape index (κ3) is 4.92. The highest BCUT2D eigenvalue weighted by molar-refractivity contribution is 7.86. The Morgan fingerprint density at radius 1 is 1.26 bits per heavy atom. The first kappa shape index (κ1) is 17.7. The average molecular weight is 341 g/mol. The molecule has 7 nitrogen and oxygen atoms in total. The summed E-state index contributed by atoms with van der Waals surface area (Å²) < 4.78 is 32.1. The van der Waals surface area contributed by atoms with Gasteiger partial charge in [-0.25, -0.2) is 0 Å². The SMILES string of the molecule is CN(C)S(=O)(=O)N1CCC(NC(=O)COc2ccccc2)CC1. The smallest absolute Gasteiger partial charge is 0.281 e. The van der Waals surface area contributed by atoms with E-state index in [0.29, 0.717) is 31.7 Å². The van der Waals surface area contributed by atoms with Crippen LogP contribution >= 0.6 is 0 Å². The second-order valence-corrected chi connectivity index (χ2v) is 7.78. The number of piperidine rings is 1. The van der Waals surface area contributed by atoms with Gasteiger partial charge in [0.25, 0.3) is 16.1 Å². The molecule has 1 N–H and O–H groups in total. The van der Waals surface area contributed by atoms with Crippen LogP contribution in [0, 0.1) is 0 Å². The molecule has 0 aliphatic carbocycles. The first-order valence-corrected chi connectivity index (χ1v) is 8.94. The number of rotatable bonds is 6. The van der Waals surface area contributed by atoms with Gasteiger partial charge in [-0.2, -0.15) is 17.0 Å². The van der Waals surface area contributed by atoms with Crippen molar-refractivity contribution >= 4 is 16.1 Å². The van der Waals surface area contributed by atoms with Gasteiger partial charge in [0.1, 0.15) is 5.75 Å². The standard InChI is InChI=1S/C15H23N3O4S/c1-17(2)23(20,21)18-10-8-13(9-11-18)16-15(19)12-22-14-6-4-3-5-7-14/h3-7,13H,8-12H2,1-2H3,(H,16,19). The fourth-order valence-electron chi connectivity index (χ4n) is 2.40. The zero-order valence-electron chi connectivity index (χ0n) is 13.4. The molecule has 2 rings (SSSR count). The number of hydrogen-bond donors (Lipinski definition) is 1. The fraction of sp³-hybridized carbons (Fsp3) is 0.533. The lowest BCUT2D eigenvalue weighted by Gasteiger charge is -2.33. The summed E-state index contributed by atoms with van der Waals surface area (Å²) in [4.78, 5) is 11.9. The van der Waals surface area contributed by atoms with Gasteiger partial charge >= 0.3 is 0 Å². The van der Waals surface area contributed by atoms with Crippen LogP contribution in [0.25, 0.3) is 0 Å². The van der Waals surface area contributed by atoms with E-state index in [1.54, 1.807) is 12.1 Å². The van der Waals surface area contributed by atoms with Crippen LogP contribution in [0.3, 0.4) is 0 Å². The summed E-state index contributed by atoms with van der Waals surface area (Å²) in [5.74, 6) is 0.456. The van der Waals surface area contributed by atoms with Gasteiger partial charge < -0.3 is 10.1 Å². The van der Waals surface area contributed by atoms with Crippen LogP contribution in [0.15, 0.2) is 30.3 Å². The van der Waals surface area contributed by atoms with Gasteiger partial charge in [0.2, 0.25) is 0 Å². The van der Waals surface area contributed by atoms with Crippen molar-refractivity contribution in [2.24, 2.45) is 0 Å². The Balaban J connectivity index is 1.75. The topological polar surface area (TPSA) is 79.0 Å². The van der Waals surface area contributed by atoms with Crippen molar-refractivity contribution < 1.29 is 17.9 Å². The molecule has 1 fully saturated rings. The predicted molar refractivity (Wildman–Crippen MR) is 87.3 cm³/mol. The Kier molecular flexibility index (Phi) is 5.97. The Bertz CT molecular complexity index is 611. The number of nitrogens with one attached hydrogen (secondary N) is 1. The molecule has 0 aromatic heterocycles. The molecule has 128 valence electrons. The minimum absolute atomic E-state index is 0.0181. The van der Waals surface area contributed by atoms with Gasteiger partial charge in [0.05, 0.1) is 0 Å². The van der Waals surface area contributed by atoms with Crippen LogP contribution in [0.2, 0.25) is 0 Å². The molecule has 0 radical (unpaired) electrons. The van der Waals surface area contributed by atoms with Gasteiger partial charge in [-0.15, -0.1) is 0 Å². The monoisotopic (exact) mass is 341 g/mol. The molecule has 0 atom stereocenters. The summed E-state index contributed by atoms with van der Waals surface area (Å²) >= 11 is 0. The molecule has 0 saturated carbocycles. The number of amides is 1. The quantitative estimate of drug-likeness (QED) is 0.815. The Morgan fingerprint density at radius 2 is 1.87 bits per heavy atom. The summed E-state index contributed by atoms with van der Waals surface area (Å²) in [5.41, 5.74) is 0. The van der Waals surface area contributed by atoms with Gasteiger partial charge in [-0.05, 0) is 25.0 Å². The summed E-state index contributed by atoms with van der Waals surface area (Å²) in [6.07, 6.45) is 1.20. The Morgan fingerprint density at radius 3 is 2.43 bits per heavy atom. The Labute approximate surface area is 137 Å². The molecule has 0 spiro atoms. The van der Waals surface area contributed by atoms with E-state index in [2.05, 4.69) is 5.32 Å². The first-order valence-electron chi connectivity index (χ1n) is 7.54. The van der Waals surface area contributed by atoms with Crippen LogP contribution < -0.4 is 10.1 Å². The van der Waals surface area contributed by atoms with Crippen LogP contribution in [0.5, 0.6) is 5.75 Å². The lowest BCUT2D eigenvalue weighted by atomic mass is 10.1. The summed E-state index contributed by atoms with van der Waals surface area (Å²) in [6.45, 7) is 0.774. The molecule has 1 aromatic carbocycles. The summed E-state index contributed by atoms with van der Waals surface area (Å²) in [7, 11) is -0.333. The molecule has 1 amide bonds. The second-order valence-electron chi connectivity index (χ2n) is 5.63. The van der Waals surface area contributed by atoms with Gasteiger partial charge in [0.15, 0.2) is 6.61 Å². The highest BCUT2D eigenvalue weighted by atomic mass is 32.2. The van der Waals surface area contributed by atoms with Crippen molar-refractivity contribution in [2.45, 2.75) is 18.9 Å². The van der Waals surface area contributed by atoms with E-state index in [1.807, 2.05) is 18.2 Å². The molecule has 0 bridgehead atoms. The Hall–Kier alpha value is -1.64. The van der Waals surface area contributed by atoms with E-state index in [0.717, 1.165) is 0 Å². The molecule has 1 saturated heterocycles. The average Bonchev–Trinajstić information content (AvgIpc) is 2.54. The second kappa shape index (κ2) is 7.76. The van der Waals surface area contributed by atoms with E-state index >= 15 is 0 Å². The van der Waals surface area contributed by atoms with Crippen molar-refractivity contribution in [3.63, 3.8) is 0 Å². The highest BCUT2D eigenvalue weighted by Crippen LogP contribution is 2.15. The molecule has 1 aromatic rings. The molecule has 8 heteroatoms. The molecule has 23 heavy (non-hydrogen) atoms. The highest BCUT2D eigenvalue weighted by Gasteiger charge is 2.29. The van der Waals surface area contributed by atoms with Crippen molar-refractivity contribution in [1.29, 1.82) is 0 Å². The minimum atomic E-state index is -3.37. The maximum Gasteiger partial charge on any atom is 0.281 e. The molecule has 1 heterocycles. The number of ether oxygens (including phenoxy) is 1. The number of para-hydroxylation sites is 1. The largest absolute Gasteiger partial charge is 0.484 e. The van der Waals surface area contributed by atoms with Crippen molar-refractivity contribution in [2.75, 3.05) is 33.8 Å². The van der Waals surface area contributed by atoms with Crippen LogP contribution in [-0.2, 0) is 15.0 Å². The molecule has 0 unspecified atom stereocenters. The number of carbonyl (C=O) groups is 1. The van der Waals surface area contributed by atoms with Crippen molar-refractivity contribution in [3.8, 4) is 5.75 Å². The van der Waals surface area contributed by atoms with E-state index in [-0.39, 0.29) is 18.6 Å².